The molecule has 1 heterocycles. The Morgan fingerprint density at radius 2 is 1.48 bits per heavy atom. The first-order chi connectivity index (χ1) is 13.1. The first-order valence-electron chi connectivity index (χ1n) is 7.93. The zero-order valence-corrected chi connectivity index (χ0v) is 15.5. The average molecular weight is 395 g/mol. The van der Waals surface area contributed by atoms with Crippen LogP contribution in [0.15, 0.2) is 87.9 Å². The third-order valence-electron chi connectivity index (χ3n) is 3.70. The summed E-state index contributed by atoms with van der Waals surface area (Å²) in [5.41, 5.74) is 2.71. The summed E-state index contributed by atoms with van der Waals surface area (Å²) in [6.07, 6.45) is 0. The van der Waals surface area contributed by atoms with Gasteiger partial charge in [0.25, 0.3) is 10.0 Å². The van der Waals surface area contributed by atoms with Crippen molar-refractivity contribution in [1.29, 1.82) is 0 Å². The number of azo groups is 1. The molecule has 0 bridgehead atoms. The van der Waals surface area contributed by atoms with Crippen molar-refractivity contribution in [2.24, 2.45) is 10.2 Å². The number of fused-ring (bicyclic) bond motifs is 1. The molecule has 27 heavy (non-hydrogen) atoms. The molecule has 3 aromatic carbocycles. The minimum absolute atomic E-state index is 0.0987. The van der Waals surface area contributed by atoms with Gasteiger partial charge < -0.3 is 0 Å². The van der Waals surface area contributed by atoms with E-state index in [0.29, 0.717) is 22.4 Å². The van der Waals surface area contributed by atoms with Gasteiger partial charge >= 0.3 is 0 Å². The Morgan fingerprint density at radius 3 is 2.22 bits per heavy atom. The molecular formula is C18H13N5O2S2. The monoisotopic (exact) mass is 395 g/mol. The van der Waals surface area contributed by atoms with Gasteiger partial charge in [-0.15, -0.1) is 0 Å². The van der Waals surface area contributed by atoms with Crippen LogP contribution in [-0.2, 0) is 10.0 Å². The second-order valence-corrected chi connectivity index (χ2v) is 7.76. The molecule has 4 rings (SSSR count). The third-order valence-corrected chi connectivity index (χ3v) is 5.65. The highest BCUT2D eigenvalue weighted by molar-refractivity contribution is 7.93. The summed E-state index contributed by atoms with van der Waals surface area (Å²) in [6.45, 7) is 0. The van der Waals surface area contributed by atoms with E-state index in [2.05, 4.69) is 23.7 Å². The molecule has 7 nitrogen and oxygen atoms in total. The maximum atomic E-state index is 12.7. The lowest BCUT2D eigenvalue weighted by molar-refractivity contribution is 0.602. The molecule has 0 fully saturated rings. The highest BCUT2D eigenvalue weighted by atomic mass is 32.2. The van der Waals surface area contributed by atoms with Gasteiger partial charge in [0.1, 0.15) is 15.9 Å². The zero-order chi connectivity index (χ0) is 18.7. The molecule has 4 aromatic rings. The van der Waals surface area contributed by atoms with Gasteiger partial charge in [-0.1, -0.05) is 24.3 Å². The molecule has 0 radical (unpaired) electrons. The van der Waals surface area contributed by atoms with E-state index in [4.69, 9.17) is 0 Å². The molecule has 0 aliphatic rings. The first kappa shape index (κ1) is 17.3. The van der Waals surface area contributed by atoms with Crippen LogP contribution in [0.25, 0.3) is 11.0 Å². The van der Waals surface area contributed by atoms with Crippen LogP contribution in [0.1, 0.15) is 0 Å². The van der Waals surface area contributed by atoms with Crippen LogP contribution < -0.4 is 4.72 Å². The number of nitrogens with one attached hydrogen (secondary N) is 1. The second kappa shape index (κ2) is 7.22. The molecule has 0 aliphatic heterocycles. The van der Waals surface area contributed by atoms with Crippen molar-refractivity contribution in [2.75, 3.05) is 4.72 Å². The largest absolute Gasteiger partial charge is 0.280 e. The lowest BCUT2D eigenvalue weighted by Gasteiger charge is -2.08. The Kier molecular flexibility index (Phi) is 4.61. The summed E-state index contributed by atoms with van der Waals surface area (Å²) in [7, 11) is -3.78. The van der Waals surface area contributed by atoms with E-state index in [1.807, 2.05) is 30.3 Å². The van der Waals surface area contributed by atoms with Crippen molar-refractivity contribution in [2.45, 2.75) is 4.90 Å². The number of anilines is 1. The van der Waals surface area contributed by atoms with Crippen LogP contribution >= 0.6 is 11.7 Å². The molecular weight excluding hydrogens is 382 g/mol. The van der Waals surface area contributed by atoms with Crippen molar-refractivity contribution in [3.05, 3.63) is 72.8 Å². The maximum Gasteiger partial charge on any atom is 0.264 e. The van der Waals surface area contributed by atoms with Crippen LogP contribution in [0.2, 0.25) is 0 Å². The lowest BCUT2D eigenvalue weighted by Crippen LogP contribution is -2.13. The molecule has 134 valence electrons. The zero-order valence-electron chi connectivity index (χ0n) is 13.9. The van der Waals surface area contributed by atoms with Gasteiger partial charge in [0.2, 0.25) is 0 Å². The van der Waals surface area contributed by atoms with E-state index in [1.165, 1.54) is 6.07 Å². The molecule has 0 aliphatic carbocycles. The van der Waals surface area contributed by atoms with E-state index in [0.717, 1.165) is 17.4 Å². The summed E-state index contributed by atoms with van der Waals surface area (Å²) >= 11 is 0.980. The molecule has 9 heteroatoms. The molecule has 0 spiro atoms. The Bertz CT molecular complexity index is 1200. The van der Waals surface area contributed by atoms with Crippen LogP contribution in [0.4, 0.5) is 17.1 Å². The summed E-state index contributed by atoms with van der Waals surface area (Å²) in [6, 6.07) is 20.9. The predicted molar refractivity (Wildman–Crippen MR) is 105 cm³/mol. The van der Waals surface area contributed by atoms with Gasteiger partial charge in [-0.2, -0.15) is 19.0 Å². The Morgan fingerprint density at radius 1 is 0.778 bits per heavy atom. The van der Waals surface area contributed by atoms with Gasteiger partial charge in [-0.05, 0) is 48.5 Å². The van der Waals surface area contributed by atoms with Crippen LogP contribution in [0.3, 0.4) is 0 Å². The van der Waals surface area contributed by atoms with E-state index in [-0.39, 0.29) is 4.90 Å². The fourth-order valence-electron chi connectivity index (χ4n) is 2.41. The Balaban J connectivity index is 1.54. The fourth-order valence-corrected chi connectivity index (χ4v) is 4.24. The van der Waals surface area contributed by atoms with Crippen molar-refractivity contribution in [3.63, 3.8) is 0 Å². The van der Waals surface area contributed by atoms with E-state index < -0.39 is 10.0 Å². The highest BCUT2D eigenvalue weighted by Gasteiger charge is 2.19. The average Bonchev–Trinajstić information content (AvgIpc) is 3.17. The number of hydrogen-bond acceptors (Lipinski definition) is 7. The van der Waals surface area contributed by atoms with Gasteiger partial charge in [0.15, 0.2) is 0 Å². The molecule has 0 amide bonds. The second-order valence-electron chi connectivity index (χ2n) is 5.58. The van der Waals surface area contributed by atoms with E-state index in [9.17, 15) is 8.42 Å². The summed E-state index contributed by atoms with van der Waals surface area (Å²) in [4.78, 5) is 0.0987. The Labute approximate surface area is 159 Å². The third kappa shape index (κ3) is 3.83. The summed E-state index contributed by atoms with van der Waals surface area (Å²) in [5, 5.41) is 8.27. The maximum absolute atomic E-state index is 12.7. The molecule has 0 atom stereocenters. The van der Waals surface area contributed by atoms with Gasteiger partial charge in [0, 0.05) is 5.69 Å². The van der Waals surface area contributed by atoms with E-state index >= 15 is 0 Å². The van der Waals surface area contributed by atoms with Gasteiger partial charge in [-0.25, -0.2) is 8.42 Å². The smallest absolute Gasteiger partial charge is 0.264 e. The molecule has 1 N–H and O–H groups in total. The van der Waals surface area contributed by atoms with Crippen LogP contribution in [-0.4, -0.2) is 17.2 Å². The molecule has 0 saturated carbocycles. The standard InChI is InChI=1S/C18H13N5O2S2/c24-27(25,17-8-4-7-16-18(17)22-26-21-16)23-15-11-9-14(10-12-15)20-19-13-5-2-1-3-6-13/h1-12,23H. The highest BCUT2D eigenvalue weighted by Crippen LogP contribution is 2.25. The van der Waals surface area contributed by atoms with Gasteiger partial charge in [-0.3, -0.25) is 4.72 Å². The minimum Gasteiger partial charge on any atom is -0.280 e. The lowest BCUT2D eigenvalue weighted by atomic mass is 10.3. The fraction of sp³-hybridized carbons (Fsp3) is 0. The minimum atomic E-state index is -3.78. The quantitative estimate of drug-likeness (QED) is 0.486. The topological polar surface area (TPSA) is 96.7 Å². The number of rotatable bonds is 5. The number of hydrogen-bond donors (Lipinski definition) is 1. The molecule has 0 saturated heterocycles. The number of benzene rings is 3. The normalized spacial score (nSPS) is 11.9. The van der Waals surface area contributed by atoms with Gasteiger partial charge in [0.05, 0.1) is 23.1 Å². The molecule has 0 unspecified atom stereocenters. The van der Waals surface area contributed by atoms with Crippen molar-refractivity contribution < 1.29 is 8.42 Å². The first-order valence-corrected chi connectivity index (χ1v) is 10.1. The summed E-state index contributed by atoms with van der Waals surface area (Å²) in [5.74, 6) is 0. The van der Waals surface area contributed by atoms with Crippen molar-refractivity contribution in [3.8, 4) is 0 Å². The number of aromatic nitrogens is 2. The van der Waals surface area contributed by atoms with E-state index in [1.54, 1.807) is 36.4 Å². The number of sulfonamides is 1. The molecule has 1 aromatic heterocycles. The van der Waals surface area contributed by atoms with Crippen LogP contribution in [0.5, 0.6) is 0 Å². The predicted octanol–water partition coefficient (Wildman–Crippen LogP) is 4.91. The van der Waals surface area contributed by atoms with Crippen LogP contribution in [0, 0.1) is 0 Å². The van der Waals surface area contributed by atoms with Crippen molar-refractivity contribution >= 4 is 49.8 Å². The number of nitrogens with zero attached hydrogens (tertiary/aromatic N) is 4. The SMILES string of the molecule is O=S(=O)(Nc1ccc(N=Nc2ccccc2)cc1)c1cccc2nsnc12. The summed E-state index contributed by atoms with van der Waals surface area (Å²) < 4.78 is 36.1. The Hall–Kier alpha value is -3.17. The van der Waals surface area contributed by atoms with Crippen molar-refractivity contribution in [1.82, 2.24) is 8.75 Å².